The summed E-state index contributed by atoms with van der Waals surface area (Å²) >= 11 is 0. The topological polar surface area (TPSA) is 32.7 Å². The summed E-state index contributed by atoms with van der Waals surface area (Å²) in [6.07, 6.45) is 4.41. The molecule has 4 atom stereocenters. The molecule has 0 spiro atoms. The first-order chi connectivity index (χ1) is 11.0. The largest absolute Gasteiger partial charge is 0.491 e. The number of likely N-dealkylation sites (tertiary alicyclic amines) is 1. The van der Waals surface area contributed by atoms with E-state index in [2.05, 4.69) is 44.7 Å². The van der Waals surface area contributed by atoms with E-state index in [0.29, 0.717) is 31.2 Å². The average molecular weight is 319 g/mol. The molecule has 0 bridgehead atoms. The number of β-amino-alcohol motifs (C(OH)–C–C–N with tert-alkyl or cyclic N) is 1. The highest BCUT2D eigenvalue weighted by Gasteiger charge is 2.26. The second kappa shape index (κ2) is 8.70. The number of ether oxygens (including phenoxy) is 1. The van der Waals surface area contributed by atoms with Gasteiger partial charge in [0.2, 0.25) is 0 Å². The fourth-order valence-corrected chi connectivity index (χ4v) is 3.56. The fourth-order valence-electron chi connectivity index (χ4n) is 3.56. The number of piperidine rings is 1. The van der Waals surface area contributed by atoms with Crippen molar-refractivity contribution in [1.29, 1.82) is 0 Å². The lowest BCUT2D eigenvalue weighted by Gasteiger charge is -2.40. The first kappa shape index (κ1) is 18.3. The van der Waals surface area contributed by atoms with Gasteiger partial charge in [0, 0.05) is 18.6 Å². The van der Waals surface area contributed by atoms with E-state index in [0.717, 1.165) is 12.2 Å². The Kier molecular flexibility index (Phi) is 6.91. The molecule has 3 heteroatoms. The van der Waals surface area contributed by atoms with E-state index < -0.39 is 6.10 Å². The number of para-hydroxylation sites is 1. The molecule has 1 fully saturated rings. The van der Waals surface area contributed by atoms with Crippen LogP contribution in [0.1, 0.15) is 64.9 Å². The summed E-state index contributed by atoms with van der Waals surface area (Å²) in [7, 11) is 0. The molecule has 1 heterocycles. The number of benzene rings is 1. The highest BCUT2D eigenvalue weighted by atomic mass is 16.5. The van der Waals surface area contributed by atoms with Crippen molar-refractivity contribution in [3.63, 3.8) is 0 Å². The molecule has 1 aromatic rings. The fraction of sp³-hybridized carbons (Fsp3) is 0.700. The minimum atomic E-state index is -0.442. The summed E-state index contributed by atoms with van der Waals surface area (Å²) in [5.74, 6) is 1.39. The van der Waals surface area contributed by atoms with Gasteiger partial charge in [-0.3, -0.25) is 4.90 Å². The van der Waals surface area contributed by atoms with Crippen LogP contribution in [0.25, 0.3) is 0 Å². The van der Waals surface area contributed by atoms with Gasteiger partial charge >= 0.3 is 0 Å². The van der Waals surface area contributed by atoms with Crippen LogP contribution in [0.2, 0.25) is 0 Å². The molecular weight excluding hydrogens is 286 g/mol. The maximum absolute atomic E-state index is 10.4. The Morgan fingerprint density at radius 2 is 1.87 bits per heavy atom. The normalized spacial score (nSPS) is 25.1. The van der Waals surface area contributed by atoms with E-state index in [1.54, 1.807) is 0 Å². The molecule has 0 aliphatic carbocycles. The van der Waals surface area contributed by atoms with Gasteiger partial charge in [-0.1, -0.05) is 38.5 Å². The molecule has 0 amide bonds. The van der Waals surface area contributed by atoms with Gasteiger partial charge in [0.05, 0.1) is 0 Å². The molecule has 3 nitrogen and oxygen atoms in total. The molecule has 2 rings (SSSR count). The monoisotopic (exact) mass is 319 g/mol. The zero-order valence-corrected chi connectivity index (χ0v) is 15.2. The standard InChI is InChI=1S/C20H33NO2/c1-5-15(2)19-11-6-7-12-20(19)23-14-18(22)13-21-16(3)9-8-10-17(21)4/h6-7,11-12,15-18,22H,5,8-10,13-14H2,1-4H3/t15-,16-,17+,18-/m1/s1. The lowest BCUT2D eigenvalue weighted by atomic mass is 9.97. The van der Waals surface area contributed by atoms with Crippen molar-refractivity contribution >= 4 is 0 Å². The Labute approximate surface area is 141 Å². The summed E-state index contributed by atoms with van der Waals surface area (Å²) in [4.78, 5) is 2.43. The van der Waals surface area contributed by atoms with Crippen LogP contribution >= 0.6 is 0 Å². The minimum absolute atomic E-state index is 0.364. The second-order valence-corrected chi connectivity index (χ2v) is 7.14. The van der Waals surface area contributed by atoms with E-state index in [9.17, 15) is 5.11 Å². The van der Waals surface area contributed by atoms with Gasteiger partial charge < -0.3 is 9.84 Å². The molecule has 23 heavy (non-hydrogen) atoms. The smallest absolute Gasteiger partial charge is 0.122 e. The van der Waals surface area contributed by atoms with Crippen LogP contribution < -0.4 is 4.74 Å². The first-order valence-corrected chi connectivity index (χ1v) is 9.18. The number of aliphatic hydroxyl groups is 1. The molecule has 1 saturated heterocycles. The Hall–Kier alpha value is -1.06. The predicted octanol–water partition coefficient (Wildman–Crippen LogP) is 4.20. The summed E-state index contributed by atoms with van der Waals surface area (Å²) < 4.78 is 5.96. The van der Waals surface area contributed by atoms with Gasteiger partial charge in [0.25, 0.3) is 0 Å². The maximum atomic E-state index is 10.4. The highest BCUT2D eigenvalue weighted by molar-refractivity contribution is 5.35. The molecule has 1 aliphatic rings. The number of hydrogen-bond donors (Lipinski definition) is 1. The molecule has 0 unspecified atom stereocenters. The maximum Gasteiger partial charge on any atom is 0.122 e. The quantitative estimate of drug-likeness (QED) is 0.817. The van der Waals surface area contributed by atoms with Crippen LogP contribution in [-0.2, 0) is 0 Å². The first-order valence-electron chi connectivity index (χ1n) is 9.18. The number of nitrogens with zero attached hydrogens (tertiary/aromatic N) is 1. The van der Waals surface area contributed by atoms with E-state index in [1.807, 2.05) is 12.1 Å². The molecule has 1 aliphatic heterocycles. The van der Waals surface area contributed by atoms with Crippen molar-refractivity contribution in [2.45, 2.75) is 77.5 Å². The van der Waals surface area contributed by atoms with Gasteiger partial charge in [-0.25, -0.2) is 0 Å². The van der Waals surface area contributed by atoms with Crippen molar-refractivity contribution < 1.29 is 9.84 Å². The van der Waals surface area contributed by atoms with Gasteiger partial charge in [0.15, 0.2) is 0 Å². The third-order valence-corrected chi connectivity index (χ3v) is 5.29. The third kappa shape index (κ3) is 4.95. The number of rotatable bonds is 7. The molecule has 1 N–H and O–H groups in total. The van der Waals surface area contributed by atoms with Crippen molar-refractivity contribution in [3.8, 4) is 5.75 Å². The summed E-state index contributed by atoms with van der Waals surface area (Å²) in [6.45, 7) is 10.0. The van der Waals surface area contributed by atoms with Gasteiger partial charge in [0.1, 0.15) is 18.5 Å². The van der Waals surface area contributed by atoms with Crippen LogP contribution in [-0.4, -0.2) is 41.3 Å². The van der Waals surface area contributed by atoms with Crippen LogP contribution in [0.4, 0.5) is 0 Å². The van der Waals surface area contributed by atoms with E-state index in [1.165, 1.54) is 24.8 Å². The van der Waals surface area contributed by atoms with Crippen molar-refractivity contribution in [2.24, 2.45) is 0 Å². The molecule has 0 aromatic heterocycles. The van der Waals surface area contributed by atoms with Crippen LogP contribution in [0.3, 0.4) is 0 Å². The second-order valence-electron chi connectivity index (χ2n) is 7.14. The summed E-state index contributed by atoms with van der Waals surface area (Å²) in [5.41, 5.74) is 1.24. The average Bonchev–Trinajstić information content (AvgIpc) is 2.56. The van der Waals surface area contributed by atoms with Crippen LogP contribution in [0.15, 0.2) is 24.3 Å². The van der Waals surface area contributed by atoms with Gasteiger partial charge in [-0.05, 0) is 50.7 Å². The number of hydrogen-bond acceptors (Lipinski definition) is 3. The zero-order valence-electron chi connectivity index (χ0n) is 15.2. The Balaban J connectivity index is 1.90. The Morgan fingerprint density at radius 3 is 2.52 bits per heavy atom. The van der Waals surface area contributed by atoms with Crippen molar-refractivity contribution in [2.75, 3.05) is 13.2 Å². The van der Waals surface area contributed by atoms with E-state index >= 15 is 0 Å². The SMILES string of the molecule is CC[C@@H](C)c1ccccc1OC[C@H](O)CN1[C@H](C)CCC[C@@H]1C. The Morgan fingerprint density at radius 1 is 1.22 bits per heavy atom. The lowest BCUT2D eigenvalue weighted by Crippen LogP contribution is -2.48. The van der Waals surface area contributed by atoms with Gasteiger partial charge in [-0.15, -0.1) is 0 Å². The predicted molar refractivity (Wildman–Crippen MR) is 96.1 cm³/mol. The Bertz CT molecular complexity index is 466. The van der Waals surface area contributed by atoms with Crippen molar-refractivity contribution in [1.82, 2.24) is 4.90 Å². The molecule has 1 aromatic carbocycles. The number of aliphatic hydroxyl groups excluding tert-OH is 1. The summed E-state index contributed by atoms with van der Waals surface area (Å²) in [6, 6.07) is 9.32. The third-order valence-electron chi connectivity index (χ3n) is 5.29. The van der Waals surface area contributed by atoms with Crippen molar-refractivity contribution in [3.05, 3.63) is 29.8 Å². The highest BCUT2D eigenvalue weighted by Crippen LogP contribution is 2.28. The minimum Gasteiger partial charge on any atom is -0.491 e. The van der Waals surface area contributed by atoms with Crippen LogP contribution in [0, 0.1) is 0 Å². The zero-order chi connectivity index (χ0) is 16.8. The lowest BCUT2D eigenvalue weighted by molar-refractivity contribution is 0.0207. The molecule has 130 valence electrons. The van der Waals surface area contributed by atoms with Crippen LogP contribution in [0.5, 0.6) is 5.75 Å². The molecule has 0 saturated carbocycles. The van der Waals surface area contributed by atoms with E-state index in [-0.39, 0.29) is 0 Å². The molecular formula is C20H33NO2. The van der Waals surface area contributed by atoms with E-state index in [4.69, 9.17) is 4.74 Å². The van der Waals surface area contributed by atoms with Gasteiger partial charge in [-0.2, -0.15) is 0 Å². The molecule has 0 radical (unpaired) electrons. The summed E-state index contributed by atoms with van der Waals surface area (Å²) in [5, 5.41) is 10.4.